The molecule has 3 heterocycles. The molecule has 0 unspecified atom stereocenters. The predicted octanol–water partition coefficient (Wildman–Crippen LogP) is -7.57. The molecule has 3 aliphatic heterocycles. The maximum Gasteiger partial charge on any atom is 0.224 e. The lowest BCUT2D eigenvalue weighted by Crippen LogP contribution is -2.64. The molecular weight excluding hydrogens is 472 g/mol. The second-order valence-electron chi connectivity index (χ2n) is 8.37. The zero-order valence-electron chi connectivity index (χ0n) is 17.8. The highest BCUT2D eigenvalue weighted by Gasteiger charge is 2.61. The van der Waals surface area contributed by atoms with Gasteiger partial charge in [0, 0.05) is 0 Å². The van der Waals surface area contributed by atoms with E-state index in [9.17, 15) is 56.2 Å². The molecule has 0 aliphatic carbocycles. The van der Waals surface area contributed by atoms with E-state index < -0.39 is 112 Å². The number of aliphatic hydroxyl groups is 11. The van der Waals surface area contributed by atoms with Crippen LogP contribution in [0.2, 0.25) is 0 Å². The molecule has 3 fully saturated rings. The van der Waals surface area contributed by atoms with E-state index in [1.165, 1.54) is 0 Å². The molecule has 3 aliphatic rings. The molecule has 11 N–H and O–H groups in total. The van der Waals surface area contributed by atoms with Gasteiger partial charge in [-0.15, -0.1) is 0 Å². The van der Waals surface area contributed by atoms with Gasteiger partial charge in [0.1, 0.15) is 73.8 Å². The summed E-state index contributed by atoms with van der Waals surface area (Å²) >= 11 is 0. The lowest BCUT2D eigenvalue weighted by atomic mass is 9.98. The first-order chi connectivity index (χ1) is 16.0. The molecule has 0 aromatic rings. The fourth-order valence-corrected chi connectivity index (χ4v) is 4.12. The number of rotatable bonds is 8. The molecule has 3 saturated heterocycles. The van der Waals surface area contributed by atoms with Crippen LogP contribution in [0.25, 0.3) is 0 Å². The molecule has 0 bridgehead atoms. The minimum atomic E-state index is -2.43. The van der Waals surface area contributed by atoms with Gasteiger partial charge in [0.25, 0.3) is 0 Å². The van der Waals surface area contributed by atoms with E-state index in [0.29, 0.717) is 0 Å². The van der Waals surface area contributed by atoms with Crippen molar-refractivity contribution in [1.82, 2.24) is 0 Å². The highest BCUT2D eigenvalue weighted by molar-refractivity contribution is 5.01. The molecule has 16 nitrogen and oxygen atoms in total. The molecule has 14 atom stereocenters. The number of hydrogen-bond acceptors (Lipinski definition) is 16. The fourth-order valence-electron chi connectivity index (χ4n) is 4.12. The lowest BCUT2D eigenvalue weighted by molar-refractivity contribution is -0.400. The van der Waals surface area contributed by atoms with Crippen LogP contribution in [0.3, 0.4) is 0 Å². The third-order valence-electron chi connectivity index (χ3n) is 6.17. The Hall–Kier alpha value is -0.640. The van der Waals surface area contributed by atoms with Crippen molar-refractivity contribution < 1.29 is 79.9 Å². The summed E-state index contributed by atoms with van der Waals surface area (Å²) in [6.45, 7) is -3.49. The molecule has 0 aromatic heterocycles. The Bertz CT molecular complexity index is 651. The van der Waals surface area contributed by atoms with Crippen LogP contribution in [0.15, 0.2) is 0 Å². The fraction of sp³-hybridized carbons (Fsp3) is 1.00. The Kier molecular flexibility index (Phi) is 9.18. The summed E-state index contributed by atoms with van der Waals surface area (Å²) in [5.74, 6) is -2.43. The molecular formula is C18H32O16. The average Bonchev–Trinajstić information content (AvgIpc) is 3.10. The van der Waals surface area contributed by atoms with Gasteiger partial charge >= 0.3 is 0 Å². The summed E-state index contributed by atoms with van der Waals surface area (Å²) in [4.78, 5) is 0. The smallest absolute Gasteiger partial charge is 0.224 e. The average molecular weight is 504 g/mol. The first-order valence-electron chi connectivity index (χ1n) is 10.6. The van der Waals surface area contributed by atoms with Gasteiger partial charge in [-0.1, -0.05) is 0 Å². The molecule has 0 saturated carbocycles. The van der Waals surface area contributed by atoms with Crippen molar-refractivity contribution in [2.45, 2.75) is 85.5 Å². The van der Waals surface area contributed by atoms with Crippen molar-refractivity contribution in [3.05, 3.63) is 0 Å². The largest absolute Gasteiger partial charge is 0.394 e. The zero-order valence-corrected chi connectivity index (χ0v) is 17.8. The van der Waals surface area contributed by atoms with Gasteiger partial charge in [-0.3, -0.25) is 0 Å². The van der Waals surface area contributed by atoms with Crippen LogP contribution in [0.1, 0.15) is 0 Å². The van der Waals surface area contributed by atoms with Crippen molar-refractivity contribution in [2.75, 3.05) is 26.4 Å². The Labute approximate surface area is 192 Å². The number of ether oxygens (including phenoxy) is 5. The highest BCUT2D eigenvalue weighted by Crippen LogP contribution is 2.39. The minimum absolute atomic E-state index is 0.777. The van der Waals surface area contributed by atoms with Gasteiger partial charge in [-0.05, 0) is 0 Å². The monoisotopic (exact) mass is 504 g/mol. The summed E-state index contributed by atoms with van der Waals surface area (Å²) in [7, 11) is 0. The van der Waals surface area contributed by atoms with Crippen LogP contribution in [-0.2, 0) is 23.7 Å². The summed E-state index contributed by atoms with van der Waals surface area (Å²) in [5, 5.41) is 109. The Balaban J connectivity index is 1.87. The van der Waals surface area contributed by atoms with Crippen LogP contribution in [0, 0.1) is 0 Å². The molecule has 0 aromatic carbocycles. The Morgan fingerprint density at radius 1 is 0.559 bits per heavy atom. The molecule has 200 valence electrons. The highest BCUT2D eigenvalue weighted by atomic mass is 16.8. The van der Waals surface area contributed by atoms with Crippen molar-refractivity contribution in [1.29, 1.82) is 0 Å². The first kappa shape index (κ1) is 27.9. The minimum Gasteiger partial charge on any atom is -0.394 e. The Morgan fingerprint density at radius 2 is 1.03 bits per heavy atom. The maximum absolute atomic E-state index is 10.6. The van der Waals surface area contributed by atoms with Gasteiger partial charge in [0.05, 0.1) is 19.8 Å². The van der Waals surface area contributed by atoms with Crippen molar-refractivity contribution in [3.63, 3.8) is 0 Å². The van der Waals surface area contributed by atoms with Crippen molar-refractivity contribution >= 4 is 0 Å². The number of hydrogen-bond donors (Lipinski definition) is 11. The molecule has 0 amide bonds. The van der Waals surface area contributed by atoms with Crippen LogP contribution in [0.4, 0.5) is 0 Å². The van der Waals surface area contributed by atoms with E-state index in [2.05, 4.69) is 0 Å². The van der Waals surface area contributed by atoms with Gasteiger partial charge in [-0.2, -0.15) is 0 Å². The lowest BCUT2D eigenvalue weighted by Gasteiger charge is -2.45. The maximum atomic E-state index is 10.6. The topological polar surface area (TPSA) is 269 Å². The van der Waals surface area contributed by atoms with Gasteiger partial charge in [0.2, 0.25) is 5.79 Å². The summed E-state index contributed by atoms with van der Waals surface area (Å²) in [5.41, 5.74) is 0. The van der Waals surface area contributed by atoms with Crippen LogP contribution in [0.5, 0.6) is 0 Å². The molecule has 16 heteroatoms. The van der Waals surface area contributed by atoms with E-state index in [0.717, 1.165) is 0 Å². The van der Waals surface area contributed by atoms with Gasteiger partial charge in [0.15, 0.2) is 12.6 Å². The predicted molar refractivity (Wildman–Crippen MR) is 101 cm³/mol. The van der Waals surface area contributed by atoms with E-state index in [4.69, 9.17) is 23.7 Å². The van der Waals surface area contributed by atoms with Crippen LogP contribution >= 0.6 is 0 Å². The summed E-state index contributed by atoms with van der Waals surface area (Å²) in [6, 6.07) is 0. The SMILES string of the molecule is OC[C@H]1O[C@H](O[C@]2(CO)O[C@H](CO)[C@@H](O)[C@H]2O[C@H]2O[C@H](CO)[C@@H](O)[C@H](O)[C@H]2O)[C@H](O)[C@@H](O)[C@@H]1O. The zero-order chi connectivity index (χ0) is 25.4. The molecule has 34 heavy (non-hydrogen) atoms. The standard InChI is InChI=1S/C18H32O16/c19-1-5-8(23)11(26)13(28)16(30-5)32-15-10(25)7(3-21)33-18(15,4-22)34-17-14(29)12(27)9(24)6(2-20)31-17/h5-17,19-29H,1-4H2/t5-,6-,7-,8-,9-,10-,11+,12+,13-,14-,15-,16-,17-,18+/m1/s1. The third-order valence-corrected chi connectivity index (χ3v) is 6.17. The van der Waals surface area contributed by atoms with E-state index >= 15 is 0 Å². The van der Waals surface area contributed by atoms with E-state index in [-0.39, 0.29) is 0 Å². The molecule has 3 rings (SSSR count). The summed E-state index contributed by atoms with van der Waals surface area (Å²) in [6.07, 6.45) is -22.3. The van der Waals surface area contributed by atoms with Gasteiger partial charge in [-0.25, -0.2) is 0 Å². The van der Waals surface area contributed by atoms with Crippen LogP contribution in [-0.4, -0.2) is 168 Å². The summed E-state index contributed by atoms with van der Waals surface area (Å²) < 4.78 is 27.0. The van der Waals surface area contributed by atoms with Gasteiger partial charge < -0.3 is 79.9 Å². The number of aliphatic hydroxyl groups excluding tert-OH is 11. The van der Waals surface area contributed by atoms with Crippen molar-refractivity contribution in [2.24, 2.45) is 0 Å². The molecule has 0 spiro atoms. The normalized spacial score (nSPS) is 52.1. The van der Waals surface area contributed by atoms with E-state index in [1.54, 1.807) is 0 Å². The van der Waals surface area contributed by atoms with Crippen molar-refractivity contribution in [3.8, 4) is 0 Å². The molecule has 0 radical (unpaired) electrons. The van der Waals surface area contributed by atoms with E-state index in [1.807, 2.05) is 0 Å². The second kappa shape index (κ2) is 11.2. The first-order valence-corrected chi connectivity index (χ1v) is 10.6. The Morgan fingerprint density at radius 3 is 1.50 bits per heavy atom. The third kappa shape index (κ3) is 4.96. The van der Waals surface area contributed by atoms with Crippen LogP contribution < -0.4 is 0 Å². The quantitative estimate of drug-likeness (QED) is 0.146. The second-order valence-corrected chi connectivity index (χ2v) is 8.37.